The number of aromatic nitrogens is 2. The summed E-state index contributed by atoms with van der Waals surface area (Å²) in [6.45, 7) is 1.95. The molecule has 6 heteroatoms. The molecule has 0 amide bonds. The molecule has 2 aromatic rings. The molecule has 2 heterocycles. The van der Waals surface area contributed by atoms with Crippen LogP contribution in [0, 0.1) is 0 Å². The Morgan fingerprint density at radius 1 is 1.42 bits per heavy atom. The Hall–Kier alpha value is -2.63. The number of nitrogens with one attached hydrogen (secondary N) is 1. The highest BCUT2D eigenvalue weighted by Gasteiger charge is 2.11. The standard InChI is InChI=1S/C13H14N4O2/c1-8(9-2-4-15-5-3-9)17-12-6-10(13(18)19)11(14)7-16-12/h2-8H,14H2,1H3,(H,16,17)(H,18,19). The number of anilines is 2. The quantitative estimate of drug-likeness (QED) is 0.774. The van der Waals surface area contributed by atoms with Crippen molar-refractivity contribution < 1.29 is 9.90 Å². The van der Waals surface area contributed by atoms with Gasteiger partial charge in [0.15, 0.2) is 0 Å². The van der Waals surface area contributed by atoms with Gasteiger partial charge in [-0.15, -0.1) is 0 Å². The largest absolute Gasteiger partial charge is 0.478 e. The number of nitrogen functional groups attached to an aromatic ring is 1. The molecule has 0 aliphatic carbocycles. The van der Waals surface area contributed by atoms with Gasteiger partial charge in [0.25, 0.3) is 0 Å². The van der Waals surface area contributed by atoms with Crippen LogP contribution in [-0.2, 0) is 0 Å². The van der Waals surface area contributed by atoms with E-state index in [9.17, 15) is 4.79 Å². The summed E-state index contributed by atoms with van der Waals surface area (Å²) in [6.07, 6.45) is 4.74. The first-order chi connectivity index (χ1) is 9.08. The van der Waals surface area contributed by atoms with Gasteiger partial charge in [-0.3, -0.25) is 4.98 Å². The third kappa shape index (κ3) is 2.98. The molecule has 0 spiro atoms. The summed E-state index contributed by atoms with van der Waals surface area (Å²) in [5, 5.41) is 12.1. The molecule has 0 saturated carbocycles. The van der Waals surface area contributed by atoms with Crippen molar-refractivity contribution in [3.63, 3.8) is 0 Å². The molecule has 98 valence electrons. The molecule has 0 aliphatic heterocycles. The van der Waals surface area contributed by atoms with Crippen LogP contribution in [0.1, 0.15) is 28.9 Å². The predicted molar refractivity (Wildman–Crippen MR) is 71.9 cm³/mol. The molecule has 1 atom stereocenters. The zero-order valence-electron chi connectivity index (χ0n) is 10.4. The minimum Gasteiger partial charge on any atom is -0.478 e. The minimum atomic E-state index is -1.07. The summed E-state index contributed by atoms with van der Waals surface area (Å²) < 4.78 is 0. The number of carboxylic acids is 1. The van der Waals surface area contributed by atoms with E-state index < -0.39 is 5.97 Å². The Labute approximate surface area is 110 Å². The lowest BCUT2D eigenvalue weighted by molar-refractivity contribution is 0.0698. The Bertz CT molecular complexity index is 586. The molecule has 0 fully saturated rings. The van der Waals surface area contributed by atoms with Crippen molar-refractivity contribution in [2.24, 2.45) is 0 Å². The fourth-order valence-electron chi connectivity index (χ4n) is 1.69. The van der Waals surface area contributed by atoms with Crippen LogP contribution in [0.15, 0.2) is 36.8 Å². The second-order valence-electron chi connectivity index (χ2n) is 4.11. The van der Waals surface area contributed by atoms with Gasteiger partial charge in [0.2, 0.25) is 0 Å². The predicted octanol–water partition coefficient (Wildman–Crippen LogP) is 1.93. The van der Waals surface area contributed by atoms with E-state index in [4.69, 9.17) is 10.8 Å². The molecular formula is C13H14N4O2. The van der Waals surface area contributed by atoms with E-state index in [1.165, 1.54) is 12.3 Å². The van der Waals surface area contributed by atoms with Crippen LogP contribution in [0.2, 0.25) is 0 Å². The highest BCUT2D eigenvalue weighted by molar-refractivity contribution is 5.94. The molecule has 0 radical (unpaired) electrons. The first kappa shape index (κ1) is 12.8. The van der Waals surface area contributed by atoms with E-state index >= 15 is 0 Å². The average molecular weight is 258 g/mol. The Morgan fingerprint density at radius 3 is 2.74 bits per heavy atom. The third-order valence-corrected chi connectivity index (χ3v) is 2.74. The first-order valence-electron chi connectivity index (χ1n) is 5.73. The molecule has 2 aromatic heterocycles. The van der Waals surface area contributed by atoms with Crippen molar-refractivity contribution in [2.45, 2.75) is 13.0 Å². The number of hydrogen-bond donors (Lipinski definition) is 3. The average Bonchev–Trinajstić information content (AvgIpc) is 2.41. The summed E-state index contributed by atoms with van der Waals surface area (Å²) >= 11 is 0. The van der Waals surface area contributed by atoms with E-state index in [0.29, 0.717) is 5.82 Å². The second-order valence-corrected chi connectivity index (χ2v) is 4.11. The number of carboxylic acid groups (broad SMARTS) is 1. The Morgan fingerprint density at radius 2 is 2.11 bits per heavy atom. The van der Waals surface area contributed by atoms with Crippen LogP contribution < -0.4 is 11.1 Å². The fourth-order valence-corrected chi connectivity index (χ4v) is 1.69. The van der Waals surface area contributed by atoms with Gasteiger partial charge in [0, 0.05) is 12.4 Å². The lowest BCUT2D eigenvalue weighted by atomic mass is 10.1. The number of rotatable bonds is 4. The van der Waals surface area contributed by atoms with Crippen LogP contribution in [0.3, 0.4) is 0 Å². The van der Waals surface area contributed by atoms with E-state index in [1.807, 2.05) is 19.1 Å². The van der Waals surface area contributed by atoms with Crippen molar-refractivity contribution in [3.8, 4) is 0 Å². The van der Waals surface area contributed by atoms with Crippen molar-refractivity contribution >= 4 is 17.5 Å². The molecule has 4 N–H and O–H groups in total. The van der Waals surface area contributed by atoms with Gasteiger partial charge in [0.1, 0.15) is 5.82 Å². The van der Waals surface area contributed by atoms with E-state index in [0.717, 1.165) is 5.56 Å². The monoisotopic (exact) mass is 258 g/mol. The Kier molecular flexibility index (Phi) is 3.61. The SMILES string of the molecule is CC(Nc1cc(C(=O)O)c(N)cn1)c1ccncc1. The zero-order chi connectivity index (χ0) is 13.8. The first-order valence-corrected chi connectivity index (χ1v) is 5.73. The van der Waals surface area contributed by atoms with Crippen LogP contribution in [-0.4, -0.2) is 21.0 Å². The van der Waals surface area contributed by atoms with Gasteiger partial charge in [-0.25, -0.2) is 9.78 Å². The minimum absolute atomic E-state index is 0.0132. The summed E-state index contributed by atoms with van der Waals surface area (Å²) in [5.41, 5.74) is 6.77. The van der Waals surface area contributed by atoms with Crippen molar-refractivity contribution in [1.82, 2.24) is 9.97 Å². The topological polar surface area (TPSA) is 101 Å². The summed E-state index contributed by atoms with van der Waals surface area (Å²) in [6, 6.07) is 5.18. The molecular weight excluding hydrogens is 244 g/mol. The summed E-state index contributed by atoms with van der Waals surface area (Å²) in [7, 11) is 0. The van der Waals surface area contributed by atoms with E-state index in [2.05, 4.69) is 15.3 Å². The molecule has 0 aromatic carbocycles. The number of pyridine rings is 2. The zero-order valence-corrected chi connectivity index (χ0v) is 10.4. The summed E-state index contributed by atoms with van der Waals surface area (Å²) in [4.78, 5) is 19.0. The lowest BCUT2D eigenvalue weighted by Crippen LogP contribution is -2.10. The number of hydrogen-bond acceptors (Lipinski definition) is 5. The third-order valence-electron chi connectivity index (χ3n) is 2.74. The van der Waals surface area contributed by atoms with Gasteiger partial charge < -0.3 is 16.2 Å². The Balaban J connectivity index is 2.20. The second kappa shape index (κ2) is 5.34. The number of aromatic carboxylic acids is 1. The highest BCUT2D eigenvalue weighted by Crippen LogP contribution is 2.20. The fraction of sp³-hybridized carbons (Fsp3) is 0.154. The van der Waals surface area contributed by atoms with Crippen molar-refractivity contribution in [3.05, 3.63) is 47.9 Å². The number of nitrogens with zero attached hydrogens (tertiary/aromatic N) is 2. The van der Waals surface area contributed by atoms with Gasteiger partial charge in [-0.1, -0.05) is 0 Å². The van der Waals surface area contributed by atoms with Gasteiger partial charge in [0.05, 0.1) is 23.5 Å². The van der Waals surface area contributed by atoms with Gasteiger partial charge in [-0.05, 0) is 30.7 Å². The van der Waals surface area contributed by atoms with Crippen LogP contribution >= 0.6 is 0 Å². The number of carbonyl (C=O) groups is 1. The molecule has 2 rings (SSSR count). The molecule has 6 nitrogen and oxygen atoms in total. The smallest absolute Gasteiger partial charge is 0.337 e. The normalized spacial score (nSPS) is 11.8. The molecule has 0 aliphatic rings. The maximum Gasteiger partial charge on any atom is 0.337 e. The van der Waals surface area contributed by atoms with E-state index in [1.54, 1.807) is 12.4 Å². The molecule has 1 unspecified atom stereocenters. The van der Waals surface area contributed by atoms with Crippen LogP contribution in [0.5, 0.6) is 0 Å². The van der Waals surface area contributed by atoms with E-state index in [-0.39, 0.29) is 17.3 Å². The number of nitrogens with two attached hydrogens (primary N) is 1. The van der Waals surface area contributed by atoms with Crippen molar-refractivity contribution in [1.29, 1.82) is 0 Å². The maximum atomic E-state index is 11.0. The van der Waals surface area contributed by atoms with Crippen LogP contribution in [0.25, 0.3) is 0 Å². The lowest BCUT2D eigenvalue weighted by Gasteiger charge is -2.15. The molecule has 0 saturated heterocycles. The van der Waals surface area contributed by atoms with Gasteiger partial charge in [-0.2, -0.15) is 0 Å². The molecule has 0 bridgehead atoms. The van der Waals surface area contributed by atoms with Gasteiger partial charge >= 0.3 is 5.97 Å². The molecule has 19 heavy (non-hydrogen) atoms. The summed E-state index contributed by atoms with van der Waals surface area (Å²) in [5.74, 6) is -0.601. The highest BCUT2D eigenvalue weighted by atomic mass is 16.4. The van der Waals surface area contributed by atoms with Crippen molar-refractivity contribution in [2.75, 3.05) is 11.1 Å². The van der Waals surface area contributed by atoms with Crippen LogP contribution in [0.4, 0.5) is 11.5 Å². The maximum absolute atomic E-state index is 11.0.